The van der Waals surface area contributed by atoms with Crippen LogP contribution in [-0.4, -0.2) is 20.2 Å². The minimum absolute atomic E-state index is 0.162. The number of hydrogen-bond acceptors (Lipinski definition) is 6. The molecule has 0 spiro atoms. The minimum atomic E-state index is -3.61. The molecule has 0 unspecified atom stereocenters. The van der Waals surface area contributed by atoms with Crippen molar-refractivity contribution in [3.8, 4) is 0 Å². The fourth-order valence-corrected chi connectivity index (χ4v) is 5.12. The number of carbonyl (C=O) groups excluding carboxylic acids is 2. The van der Waals surface area contributed by atoms with Gasteiger partial charge in [0.15, 0.2) is 5.76 Å². The third-order valence-electron chi connectivity index (χ3n) is 4.78. The summed E-state index contributed by atoms with van der Waals surface area (Å²) in [6, 6.07) is 20.2. The Morgan fingerprint density at radius 3 is 2.21 bits per heavy atom. The molecule has 2 aromatic carbocycles. The molecule has 0 saturated heterocycles. The Bertz CT molecular complexity index is 1350. The fraction of sp³-hybridized carbons (Fsp3) is 0.0833. The molecule has 0 aliphatic heterocycles. The number of thiophene rings is 1. The number of carbonyl (C=O) groups is 2. The van der Waals surface area contributed by atoms with Crippen molar-refractivity contribution in [3.63, 3.8) is 0 Å². The van der Waals surface area contributed by atoms with Crippen molar-refractivity contribution in [1.29, 1.82) is 0 Å². The van der Waals surface area contributed by atoms with Gasteiger partial charge in [-0.25, -0.2) is 8.42 Å². The van der Waals surface area contributed by atoms with Gasteiger partial charge in [-0.1, -0.05) is 30.3 Å². The molecular weight excluding hydrogens is 474 g/mol. The molecule has 4 rings (SSSR count). The zero-order valence-electron chi connectivity index (χ0n) is 17.9. The van der Waals surface area contributed by atoms with Crippen molar-refractivity contribution in [3.05, 3.63) is 101 Å². The van der Waals surface area contributed by atoms with Crippen LogP contribution in [0, 0.1) is 0 Å². The average molecular weight is 496 g/mol. The van der Waals surface area contributed by atoms with Crippen molar-refractivity contribution in [2.24, 2.45) is 0 Å². The van der Waals surface area contributed by atoms with Crippen LogP contribution >= 0.6 is 11.3 Å². The van der Waals surface area contributed by atoms with E-state index in [1.165, 1.54) is 12.3 Å². The largest absolute Gasteiger partial charge is 0.459 e. The van der Waals surface area contributed by atoms with E-state index in [4.69, 9.17) is 4.42 Å². The maximum Gasteiger partial charge on any atom is 0.291 e. The molecule has 0 aliphatic carbocycles. The Hall–Kier alpha value is -3.89. The fourth-order valence-electron chi connectivity index (χ4n) is 3.07. The number of furan rings is 1. The highest BCUT2D eigenvalue weighted by molar-refractivity contribution is 7.94. The van der Waals surface area contributed by atoms with E-state index in [9.17, 15) is 18.0 Å². The topological polar surface area (TPSA) is 118 Å². The lowest BCUT2D eigenvalue weighted by Crippen LogP contribution is -2.24. The van der Waals surface area contributed by atoms with Gasteiger partial charge in [0, 0.05) is 17.9 Å². The summed E-state index contributed by atoms with van der Waals surface area (Å²) < 4.78 is 32.4. The quantitative estimate of drug-likeness (QED) is 0.321. The first-order valence-corrected chi connectivity index (χ1v) is 12.6. The lowest BCUT2D eigenvalue weighted by Gasteiger charge is -2.09. The second-order valence-corrected chi connectivity index (χ2v) is 10.2. The van der Waals surface area contributed by atoms with Crippen LogP contribution in [0.1, 0.15) is 21.7 Å². The Balaban J connectivity index is 1.25. The van der Waals surface area contributed by atoms with E-state index in [-0.39, 0.29) is 28.2 Å². The second kappa shape index (κ2) is 10.4. The van der Waals surface area contributed by atoms with E-state index >= 15 is 0 Å². The number of hydrogen-bond donors (Lipinski definition) is 3. The van der Waals surface area contributed by atoms with Crippen LogP contribution in [-0.2, 0) is 27.8 Å². The predicted molar refractivity (Wildman–Crippen MR) is 130 cm³/mol. The molecule has 3 N–H and O–H groups in total. The summed E-state index contributed by atoms with van der Waals surface area (Å²) in [4.78, 5) is 24.3. The number of nitrogens with one attached hydrogen (secondary N) is 3. The Kier molecular flexibility index (Phi) is 7.09. The van der Waals surface area contributed by atoms with Gasteiger partial charge in [0.25, 0.3) is 15.9 Å². The van der Waals surface area contributed by atoms with Crippen LogP contribution in [0.3, 0.4) is 0 Å². The highest BCUT2D eigenvalue weighted by Gasteiger charge is 2.15. The summed E-state index contributed by atoms with van der Waals surface area (Å²) in [5.41, 5.74) is 2.68. The van der Waals surface area contributed by atoms with E-state index in [1.807, 2.05) is 12.1 Å². The summed E-state index contributed by atoms with van der Waals surface area (Å²) in [5, 5.41) is 7.28. The van der Waals surface area contributed by atoms with Crippen molar-refractivity contribution in [2.75, 3.05) is 10.0 Å². The number of sulfonamides is 1. The molecule has 8 nitrogen and oxygen atoms in total. The number of anilines is 2. The Morgan fingerprint density at radius 1 is 0.853 bits per heavy atom. The van der Waals surface area contributed by atoms with Crippen LogP contribution in [0.15, 0.2) is 93.1 Å². The summed E-state index contributed by atoms with van der Waals surface area (Å²) in [5.74, 6) is -0.275. The maximum atomic E-state index is 12.3. The van der Waals surface area contributed by atoms with Crippen LogP contribution in [0.4, 0.5) is 11.4 Å². The van der Waals surface area contributed by atoms with Gasteiger partial charge in [0.05, 0.1) is 12.7 Å². The highest BCUT2D eigenvalue weighted by atomic mass is 32.2. The summed E-state index contributed by atoms with van der Waals surface area (Å²) in [6.07, 6.45) is 1.60. The van der Waals surface area contributed by atoms with Crippen molar-refractivity contribution >= 4 is 44.5 Å². The summed E-state index contributed by atoms with van der Waals surface area (Å²) in [6.45, 7) is 0.337. The molecule has 0 aliphatic rings. The van der Waals surface area contributed by atoms with Gasteiger partial charge in [-0.2, -0.15) is 0 Å². The van der Waals surface area contributed by atoms with Crippen molar-refractivity contribution in [2.45, 2.75) is 17.2 Å². The molecule has 0 saturated carbocycles. The Morgan fingerprint density at radius 2 is 1.56 bits per heavy atom. The molecule has 174 valence electrons. The molecule has 2 heterocycles. The van der Waals surface area contributed by atoms with Crippen molar-refractivity contribution < 1.29 is 22.4 Å². The molecule has 0 atom stereocenters. The number of benzene rings is 2. The smallest absolute Gasteiger partial charge is 0.291 e. The van der Waals surface area contributed by atoms with Gasteiger partial charge in [0.2, 0.25) is 5.91 Å². The standard InChI is InChI=1S/C24H21N3O5S2/c28-22(15-17-5-11-20(12-6-17)27-34(30,31)23-4-2-14-33-23)25-16-18-7-9-19(10-8-18)26-24(29)21-3-1-13-32-21/h1-14,27H,15-16H2,(H,25,28)(H,26,29). The average Bonchev–Trinajstić information content (AvgIpc) is 3.55. The summed E-state index contributed by atoms with van der Waals surface area (Å²) in [7, 11) is -3.61. The Labute approximate surface area is 200 Å². The van der Waals surface area contributed by atoms with Crippen molar-refractivity contribution in [1.82, 2.24) is 5.32 Å². The van der Waals surface area contributed by atoms with Gasteiger partial charge in [-0.3, -0.25) is 14.3 Å². The molecule has 2 amide bonds. The van der Waals surface area contributed by atoms with Gasteiger partial charge < -0.3 is 15.1 Å². The zero-order valence-corrected chi connectivity index (χ0v) is 19.5. The monoisotopic (exact) mass is 495 g/mol. The molecule has 2 aromatic heterocycles. The maximum absolute atomic E-state index is 12.3. The summed E-state index contributed by atoms with van der Waals surface area (Å²) >= 11 is 1.14. The molecule has 4 aromatic rings. The van der Waals surface area contributed by atoms with E-state index < -0.39 is 10.0 Å². The first-order valence-electron chi connectivity index (χ1n) is 10.2. The zero-order chi connectivity index (χ0) is 24.0. The first kappa shape index (κ1) is 23.3. The molecule has 34 heavy (non-hydrogen) atoms. The van der Waals surface area contributed by atoms with Gasteiger partial charge in [-0.15, -0.1) is 11.3 Å². The third kappa shape index (κ3) is 6.12. The highest BCUT2D eigenvalue weighted by Crippen LogP contribution is 2.20. The number of amides is 2. The van der Waals surface area contributed by atoms with E-state index in [0.29, 0.717) is 17.9 Å². The third-order valence-corrected chi connectivity index (χ3v) is 7.56. The molecule has 0 bridgehead atoms. The lowest BCUT2D eigenvalue weighted by atomic mass is 10.1. The second-order valence-electron chi connectivity index (χ2n) is 7.32. The van der Waals surface area contributed by atoms with E-state index in [2.05, 4.69) is 15.4 Å². The normalized spacial score (nSPS) is 11.1. The predicted octanol–water partition coefficient (Wildman–Crippen LogP) is 4.25. The van der Waals surface area contributed by atoms with Gasteiger partial charge >= 0.3 is 0 Å². The van der Waals surface area contributed by atoms with Gasteiger partial charge in [0.1, 0.15) is 4.21 Å². The molecule has 10 heteroatoms. The van der Waals surface area contributed by atoms with Crippen LogP contribution in [0.25, 0.3) is 0 Å². The first-order chi connectivity index (χ1) is 16.4. The van der Waals surface area contributed by atoms with Gasteiger partial charge in [-0.05, 0) is 59.0 Å². The lowest BCUT2D eigenvalue weighted by molar-refractivity contribution is -0.120. The SMILES string of the molecule is O=C(Cc1ccc(NS(=O)(=O)c2cccs2)cc1)NCc1ccc(NC(=O)c2ccco2)cc1. The molecule has 0 radical (unpaired) electrons. The van der Waals surface area contributed by atoms with Crippen LogP contribution < -0.4 is 15.4 Å². The molecule has 0 fully saturated rings. The van der Waals surface area contributed by atoms with Crippen LogP contribution in [0.2, 0.25) is 0 Å². The van der Waals surface area contributed by atoms with E-state index in [1.54, 1.807) is 60.0 Å². The number of rotatable bonds is 9. The molecular formula is C24H21N3O5S2. The minimum Gasteiger partial charge on any atom is -0.459 e. The van der Waals surface area contributed by atoms with Crippen LogP contribution in [0.5, 0.6) is 0 Å². The van der Waals surface area contributed by atoms with E-state index in [0.717, 1.165) is 22.5 Å².